The van der Waals surface area contributed by atoms with Crippen molar-refractivity contribution in [3.63, 3.8) is 0 Å². The van der Waals surface area contributed by atoms with E-state index in [1.807, 2.05) is 0 Å². The van der Waals surface area contributed by atoms with Crippen LogP contribution in [0.1, 0.15) is 27.7 Å². The van der Waals surface area contributed by atoms with Gasteiger partial charge in [0.2, 0.25) is 5.60 Å². The van der Waals surface area contributed by atoms with E-state index in [1.54, 1.807) is 0 Å². The van der Waals surface area contributed by atoms with Crippen LogP contribution in [0, 0.1) is 0 Å². The third-order valence-corrected chi connectivity index (χ3v) is 4.36. The molecule has 5 N–H and O–H groups in total. The normalized spacial score (nSPS) is 40.7. The zero-order chi connectivity index (χ0) is 19.2. The summed E-state index contributed by atoms with van der Waals surface area (Å²) in [6.07, 6.45) is -7.50. The van der Waals surface area contributed by atoms with Crippen molar-refractivity contribution < 1.29 is 49.4 Å². The summed E-state index contributed by atoms with van der Waals surface area (Å²) in [4.78, 5) is 47.1. The van der Waals surface area contributed by atoms with E-state index in [0.717, 1.165) is 13.8 Å². The summed E-state index contributed by atoms with van der Waals surface area (Å²) < 4.78 is 4.87. The monoisotopic (exact) mass is 348 g/mol. The number of aliphatic hydroxyl groups is 5. The zero-order valence-electron chi connectivity index (χ0n) is 13.5. The van der Waals surface area contributed by atoms with Crippen molar-refractivity contribution in [2.45, 2.75) is 63.0 Å². The Kier molecular flexibility index (Phi) is 5.17. The molecule has 6 atom stereocenters. The first-order valence-corrected chi connectivity index (χ1v) is 6.93. The molecule has 10 nitrogen and oxygen atoms in total. The maximum Gasteiger partial charge on any atom is 0.267 e. The van der Waals surface area contributed by atoms with Gasteiger partial charge in [-0.25, -0.2) is 0 Å². The summed E-state index contributed by atoms with van der Waals surface area (Å²) in [5.74, 6) is -8.54. The molecule has 0 aromatic heterocycles. The summed E-state index contributed by atoms with van der Waals surface area (Å²) in [5.41, 5.74) is -6.29. The fraction of sp³-hybridized carbons (Fsp3) is 0.714. The minimum Gasteiger partial charge on any atom is -0.387 e. The molecule has 1 heterocycles. The van der Waals surface area contributed by atoms with Crippen LogP contribution in [0.25, 0.3) is 0 Å². The van der Waals surface area contributed by atoms with Gasteiger partial charge in [-0.3, -0.25) is 19.2 Å². The average molecular weight is 348 g/mol. The highest BCUT2D eigenvalue weighted by atomic mass is 16.7. The maximum absolute atomic E-state index is 12.0. The van der Waals surface area contributed by atoms with Crippen LogP contribution in [0.2, 0.25) is 0 Å². The Morgan fingerprint density at radius 1 is 0.875 bits per heavy atom. The molecule has 10 heteroatoms. The highest BCUT2D eigenvalue weighted by molar-refractivity contribution is 6.00. The number of hydrogen-bond donors (Lipinski definition) is 5. The Balaban J connectivity index is 3.78. The number of ketones is 4. The summed E-state index contributed by atoms with van der Waals surface area (Å²) in [6, 6.07) is 0. The molecular weight excluding hydrogens is 328 g/mol. The predicted molar refractivity (Wildman–Crippen MR) is 74.5 cm³/mol. The molecule has 1 rings (SSSR count). The summed E-state index contributed by atoms with van der Waals surface area (Å²) in [6.45, 7) is 2.98. The predicted octanol–water partition coefficient (Wildman–Crippen LogP) is -3.39. The lowest BCUT2D eigenvalue weighted by atomic mass is 9.68. The number of aliphatic hydroxyl groups excluding tert-OH is 3. The van der Waals surface area contributed by atoms with E-state index in [4.69, 9.17) is 4.74 Å². The van der Waals surface area contributed by atoms with Crippen molar-refractivity contribution in [2.75, 3.05) is 0 Å². The van der Waals surface area contributed by atoms with Crippen LogP contribution in [0.4, 0.5) is 0 Å². The third kappa shape index (κ3) is 2.34. The van der Waals surface area contributed by atoms with Gasteiger partial charge >= 0.3 is 0 Å². The van der Waals surface area contributed by atoms with Crippen LogP contribution in [-0.2, 0) is 23.9 Å². The molecular formula is C14H20O10. The third-order valence-electron chi connectivity index (χ3n) is 4.36. The molecule has 0 radical (unpaired) electrons. The van der Waals surface area contributed by atoms with Crippen molar-refractivity contribution >= 4 is 23.1 Å². The van der Waals surface area contributed by atoms with Gasteiger partial charge in [-0.2, -0.15) is 0 Å². The lowest BCUT2D eigenvalue weighted by molar-refractivity contribution is -0.380. The molecule has 0 saturated carbocycles. The molecule has 0 spiro atoms. The Bertz CT molecular complexity index is 598. The van der Waals surface area contributed by atoms with Crippen LogP contribution in [-0.4, -0.2) is 84.0 Å². The topological polar surface area (TPSA) is 179 Å². The van der Waals surface area contributed by atoms with Gasteiger partial charge < -0.3 is 30.3 Å². The Morgan fingerprint density at radius 3 is 1.62 bits per heavy atom. The number of ether oxygens (including phenoxy) is 1. The largest absolute Gasteiger partial charge is 0.387 e. The van der Waals surface area contributed by atoms with Crippen molar-refractivity contribution in [2.24, 2.45) is 0 Å². The molecule has 3 unspecified atom stereocenters. The van der Waals surface area contributed by atoms with E-state index in [0.29, 0.717) is 13.8 Å². The van der Waals surface area contributed by atoms with Crippen molar-refractivity contribution in [1.82, 2.24) is 0 Å². The van der Waals surface area contributed by atoms with E-state index < -0.39 is 58.4 Å². The van der Waals surface area contributed by atoms with Gasteiger partial charge in [-0.1, -0.05) is 0 Å². The quantitative estimate of drug-likeness (QED) is 0.336. The highest BCUT2D eigenvalue weighted by Crippen LogP contribution is 2.44. The van der Waals surface area contributed by atoms with Crippen LogP contribution >= 0.6 is 0 Å². The van der Waals surface area contributed by atoms with Gasteiger partial charge in [0.05, 0.1) is 0 Å². The molecule has 0 aromatic carbocycles. The second-order valence-corrected chi connectivity index (χ2v) is 5.88. The second kappa shape index (κ2) is 6.06. The molecule has 0 amide bonds. The van der Waals surface area contributed by atoms with Crippen molar-refractivity contribution in [3.05, 3.63) is 0 Å². The average Bonchev–Trinajstić information content (AvgIpc) is 2.47. The first kappa shape index (κ1) is 20.5. The Hall–Kier alpha value is -1.56. The number of rotatable bonds is 5. The van der Waals surface area contributed by atoms with Gasteiger partial charge in [0.25, 0.3) is 5.79 Å². The molecule has 24 heavy (non-hydrogen) atoms. The van der Waals surface area contributed by atoms with Crippen molar-refractivity contribution in [1.29, 1.82) is 0 Å². The minimum atomic E-state index is -3.49. The van der Waals surface area contributed by atoms with Gasteiger partial charge in [-0.15, -0.1) is 0 Å². The fourth-order valence-corrected chi connectivity index (χ4v) is 2.83. The summed E-state index contributed by atoms with van der Waals surface area (Å²) in [5, 5.41) is 51.3. The van der Waals surface area contributed by atoms with Gasteiger partial charge in [0, 0.05) is 6.92 Å². The van der Waals surface area contributed by atoms with Gasteiger partial charge in [0.15, 0.2) is 34.8 Å². The van der Waals surface area contributed by atoms with Gasteiger partial charge in [-0.05, 0) is 20.8 Å². The first-order valence-electron chi connectivity index (χ1n) is 6.93. The van der Waals surface area contributed by atoms with E-state index >= 15 is 0 Å². The lowest BCUT2D eigenvalue weighted by Gasteiger charge is -2.55. The molecule has 0 aromatic rings. The van der Waals surface area contributed by atoms with Crippen LogP contribution in [0.15, 0.2) is 0 Å². The number of carbonyl (C=O) groups is 4. The smallest absolute Gasteiger partial charge is 0.267 e. The van der Waals surface area contributed by atoms with E-state index in [-0.39, 0.29) is 0 Å². The number of Topliss-reactive ketones (excluding diaryl/α,β-unsaturated/α-hetero) is 4. The standard InChI is InChI=1S/C14H20O10/c1-5(15)9(19)12(6(2)16)10(20)11(21)13(22,7(3)17)14(23,24-12)8(4)18/h9-11,19-23H,1-4H3/t9?,10-,11?,12-,13-,14?/m1/s1. The zero-order valence-corrected chi connectivity index (χ0v) is 13.5. The minimum absolute atomic E-state index is 0.684. The molecule has 0 aliphatic carbocycles. The fourth-order valence-electron chi connectivity index (χ4n) is 2.83. The molecule has 1 aliphatic heterocycles. The second-order valence-electron chi connectivity index (χ2n) is 5.88. The van der Waals surface area contributed by atoms with Crippen LogP contribution in [0.3, 0.4) is 0 Å². The Labute approximate surface area is 136 Å². The van der Waals surface area contributed by atoms with Crippen LogP contribution < -0.4 is 0 Å². The number of carbonyl (C=O) groups excluding carboxylic acids is 4. The van der Waals surface area contributed by atoms with Crippen LogP contribution in [0.5, 0.6) is 0 Å². The SMILES string of the molecule is CC(=O)C(O)[C@@]1(C(C)=O)OC(O)(C(C)=O)[C@@](O)(C(C)=O)C(O)[C@H]1O. The molecule has 1 saturated heterocycles. The van der Waals surface area contributed by atoms with Gasteiger partial charge in [0.1, 0.15) is 12.2 Å². The molecule has 1 fully saturated rings. The van der Waals surface area contributed by atoms with E-state index in [9.17, 15) is 44.7 Å². The summed E-state index contributed by atoms with van der Waals surface area (Å²) >= 11 is 0. The molecule has 0 bridgehead atoms. The summed E-state index contributed by atoms with van der Waals surface area (Å²) in [7, 11) is 0. The highest BCUT2D eigenvalue weighted by Gasteiger charge is 2.75. The first-order chi connectivity index (χ1) is 10.7. The van der Waals surface area contributed by atoms with Crippen molar-refractivity contribution in [3.8, 4) is 0 Å². The molecule has 136 valence electrons. The Morgan fingerprint density at radius 2 is 1.33 bits per heavy atom. The van der Waals surface area contributed by atoms with E-state index in [2.05, 4.69) is 0 Å². The maximum atomic E-state index is 12.0. The molecule has 1 aliphatic rings. The number of hydrogen-bond acceptors (Lipinski definition) is 10. The van der Waals surface area contributed by atoms with E-state index in [1.165, 1.54) is 0 Å². The lowest BCUT2D eigenvalue weighted by Crippen LogP contribution is -2.83.